The van der Waals surface area contributed by atoms with E-state index in [1.807, 2.05) is 0 Å². The van der Waals surface area contributed by atoms with Crippen molar-refractivity contribution in [2.75, 3.05) is 6.67 Å². The number of amidine groups is 1. The molecule has 1 amide bonds. The van der Waals surface area contributed by atoms with Gasteiger partial charge in [0.1, 0.15) is 16.1 Å². The summed E-state index contributed by atoms with van der Waals surface area (Å²) < 4.78 is 66.4. The third-order valence-corrected chi connectivity index (χ3v) is 5.77. The van der Waals surface area contributed by atoms with Gasteiger partial charge in [-0.25, -0.2) is 22.9 Å². The van der Waals surface area contributed by atoms with E-state index < -0.39 is 39.5 Å². The normalized spacial score (nSPS) is 19.7. The summed E-state index contributed by atoms with van der Waals surface area (Å²) in [6.45, 7) is 1.44. The first-order valence-corrected chi connectivity index (χ1v) is 9.84. The Balaban J connectivity index is 1.81. The fourth-order valence-electron chi connectivity index (χ4n) is 2.44. The highest BCUT2D eigenvalue weighted by molar-refractivity contribution is 7.90. The van der Waals surface area contributed by atoms with Crippen LogP contribution in [-0.4, -0.2) is 47.8 Å². The summed E-state index contributed by atoms with van der Waals surface area (Å²) in [5.41, 5.74) is -0.400. The average molecular weight is 460 g/mol. The Morgan fingerprint density at radius 3 is 2.64 bits per heavy atom. The maximum absolute atomic E-state index is 12.9. The van der Waals surface area contributed by atoms with Crippen molar-refractivity contribution in [3.05, 3.63) is 34.5 Å². The second-order valence-corrected chi connectivity index (χ2v) is 8.08. The number of nitrogens with one attached hydrogen (secondary N) is 2. The number of nitrogens with zero attached hydrogens (tertiary/aromatic N) is 4. The van der Waals surface area contributed by atoms with E-state index in [2.05, 4.69) is 10.1 Å². The van der Waals surface area contributed by atoms with Gasteiger partial charge in [0.25, 0.3) is 21.8 Å². The zero-order valence-electron chi connectivity index (χ0n) is 14.0. The quantitative estimate of drug-likeness (QED) is 0.633. The lowest BCUT2D eigenvalue weighted by atomic mass is 10.4. The number of aliphatic imine (C=N–C) groups is 1. The first-order chi connectivity index (χ1) is 12.9. The highest BCUT2D eigenvalue weighted by atomic mass is 35.5. The molecule has 0 saturated carbocycles. The lowest BCUT2D eigenvalue weighted by molar-refractivity contribution is -0.763. The van der Waals surface area contributed by atoms with Gasteiger partial charge in [-0.1, -0.05) is 23.2 Å². The number of hydrogen-bond donors (Lipinski definition) is 2. The predicted octanol–water partition coefficient (Wildman–Crippen LogP) is 0.373. The van der Waals surface area contributed by atoms with E-state index in [0.717, 1.165) is 12.4 Å². The second kappa shape index (κ2) is 7.06. The Morgan fingerprint density at radius 2 is 2.07 bits per heavy atom. The van der Waals surface area contributed by atoms with Gasteiger partial charge in [-0.05, 0) is 6.92 Å². The van der Waals surface area contributed by atoms with E-state index in [-0.39, 0.29) is 25.8 Å². The first-order valence-electron chi connectivity index (χ1n) is 7.60. The zero-order valence-corrected chi connectivity index (χ0v) is 16.3. The number of aryl methyl sites for hydroxylation is 1. The lowest BCUT2D eigenvalue weighted by Crippen LogP contribution is -3.12. The maximum Gasteiger partial charge on any atom is 0.488 e. The molecule has 3 rings (SSSR count). The van der Waals surface area contributed by atoms with Crippen molar-refractivity contribution < 1.29 is 31.3 Å². The largest absolute Gasteiger partial charge is 0.488 e. The molecular formula is C13H12Cl2F3N6O3S+. The van der Waals surface area contributed by atoms with Crippen LogP contribution in [0.25, 0.3) is 0 Å². The average Bonchev–Trinajstić information content (AvgIpc) is 3.17. The number of sulfonamides is 1. The summed E-state index contributed by atoms with van der Waals surface area (Å²) in [4.78, 5) is 15.8. The van der Waals surface area contributed by atoms with Crippen LogP contribution in [0.2, 0.25) is 5.15 Å². The van der Waals surface area contributed by atoms with Crippen molar-refractivity contribution in [1.29, 1.82) is 0 Å². The summed E-state index contributed by atoms with van der Waals surface area (Å²) in [6.07, 6.45) is -1.83. The van der Waals surface area contributed by atoms with Crippen molar-refractivity contribution in [3.8, 4) is 0 Å². The molecule has 0 radical (unpaired) electrons. The molecule has 0 spiro atoms. The summed E-state index contributed by atoms with van der Waals surface area (Å²) in [5, 5.41) is 3.11. The van der Waals surface area contributed by atoms with Gasteiger partial charge in [0.2, 0.25) is 0 Å². The zero-order chi connectivity index (χ0) is 20.9. The van der Waals surface area contributed by atoms with Crippen molar-refractivity contribution >= 4 is 45.0 Å². The molecule has 2 aliphatic heterocycles. The number of hydrogen-bond acceptors (Lipinski definition) is 6. The molecule has 15 heteroatoms. The SMILES string of the molecule is CCn1cc(S(=O)(=O)NC(=O)C2=C[NH+]3CN(C(F)(F)F)C=C(Cl)C3=N2)c(Cl)n1. The summed E-state index contributed by atoms with van der Waals surface area (Å²) >= 11 is 11.6. The van der Waals surface area contributed by atoms with Crippen molar-refractivity contribution in [2.45, 2.75) is 24.7 Å². The Bertz CT molecular complexity index is 1030. The van der Waals surface area contributed by atoms with Crippen LogP contribution in [0.4, 0.5) is 13.2 Å². The number of amides is 1. The highest BCUT2D eigenvalue weighted by Gasteiger charge is 2.44. The molecule has 0 aliphatic carbocycles. The van der Waals surface area contributed by atoms with E-state index in [4.69, 9.17) is 23.2 Å². The Morgan fingerprint density at radius 1 is 1.39 bits per heavy atom. The number of carbonyl (C=O) groups excluding carboxylic acids is 1. The number of quaternary nitrogens is 1. The van der Waals surface area contributed by atoms with Crippen LogP contribution in [0.3, 0.4) is 0 Å². The number of aromatic nitrogens is 2. The number of rotatable bonds is 4. The van der Waals surface area contributed by atoms with Crippen LogP contribution in [0.5, 0.6) is 0 Å². The molecular weight excluding hydrogens is 448 g/mol. The van der Waals surface area contributed by atoms with Crippen LogP contribution >= 0.6 is 23.2 Å². The number of fused-ring (bicyclic) bond motifs is 1. The molecule has 28 heavy (non-hydrogen) atoms. The molecule has 1 aromatic rings. The Hall–Kier alpha value is -2.09. The van der Waals surface area contributed by atoms with Crippen molar-refractivity contribution in [2.24, 2.45) is 4.99 Å². The fraction of sp³-hybridized carbons (Fsp3) is 0.308. The van der Waals surface area contributed by atoms with Crippen molar-refractivity contribution in [1.82, 2.24) is 19.4 Å². The lowest BCUT2D eigenvalue weighted by Gasteiger charge is -2.28. The minimum atomic E-state index is -4.67. The molecule has 0 bridgehead atoms. The molecule has 2 N–H and O–H groups in total. The molecule has 1 aromatic heterocycles. The first kappa shape index (κ1) is 20.6. The minimum Gasteiger partial charge on any atom is -0.270 e. The van der Waals surface area contributed by atoms with Gasteiger partial charge in [-0.2, -0.15) is 10.1 Å². The summed E-state index contributed by atoms with van der Waals surface area (Å²) in [5.74, 6) is -1.17. The summed E-state index contributed by atoms with van der Waals surface area (Å²) in [7, 11) is -4.37. The Kier molecular flexibility index (Phi) is 5.20. The number of carbonyl (C=O) groups is 1. The van der Waals surface area contributed by atoms with Crippen LogP contribution < -0.4 is 9.62 Å². The van der Waals surface area contributed by atoms with E-state index in [1.165, 1.54) is 4.68 Å². The maximum atomic E-state index is 12.9. The van der Waals surface area contributed by atoms with Gasteiger partial charge >= 0.3 is 6.30 Å². The molecule has 2 aliphatic rings. The van der Waals surface area contributed by atoms with Gasteiger partial charge in [0, 0.05) is 18.9 Å². The molecule has 1 atom stereocenters. The Labute approximate surface area is 166 Å². The van der Waals surface area contributed by atoms with Gasteiger partial charge in [0.15, 0.2) is 17.5 Å². The van der Waals surface area contributed by atoms with E-state index in [1.54, 1.807) is 11.6 Å². The summed E-state index contributed by atoms with van der Waals surface area (Å²) in [6, 6.07) is 0. The fourth-order valence-corrected chi connectivity index (χ4v) is 4.16. The third-order valence-electron chi connectivity index (χ3n) is 3.77. The van der Waals surface area contributed by atoms with E-state index in [9.17, 15) is 26.4 Å². The van der Waals surface area contributed by atoms with Gasteiger partial charge < -0.3 is 0 Å². The highest BCUT2D eigenvalue weighted by Crippen LogP contribution is 2.25. The van der Waals surface area contributed by atoms with Crippen molar-refractivity contribution in [3.63, 3.8) is 0 Å². The molecule has 0 saturated heterocycles. The predicted molar refractivity (Wildman–Crippen MR) is 91.4 cm³/mol. The van der Waals surface area contributed by atoms with Gasteiger partial charge in [-0.3, -0.25) is 9.48 Å². The number of alkyl halides is 3. The number of halogens is 5. The van der Waals surface area contributed by atoms with Crippen LogP contribution in [-0.2, 0) is 21.4 Å². The second-order valence-electron chi connectivity index (χ2n) is 5.66. The van der Waals surface area contributed by atoms with Gasteiger partial charge in [-0.15, -0.1) is 13.2 Å². The molecule has 0 fully saturated rings. The van der Waals surface area contributed by atoms with Gasteiger partial charge in [0.05, 0.1) is 0 Å². The molecule has 0 aromatic carbocycles. The molecule has 152 valence electrons. The van der Waals surface area contributed by atoms with Crippen LogP contribution in [0, 0.1) is 0 Å². The smallest absolute Gasteiger partial charge is 0.270 e. The third kappa shape index (κ3) is 3.87. The molecule has 1 unspecified atom stereocenters. The molecule has 3 heterocycles. The van der Waals surface area contributed by atoms with E-state index in [0.29, 0.717) is 12.7 Å². The monoisotopic (exact) mass is 459 g/mol. The van der Waals surface area contributed by atoms with Crippen LogP contribution in [0.1, 0.15) is 6.92 Å². The van der Waals surface area contributed by atoms with E-state index >= 15 is 0 Å². The molecule has 9 nitrogen and oxygen atoms in total. The minimum absolute atomic E-state index is 0.0245. The standard InChI is InChI=1S/C13H11Cl2F3N6O3S/c1-2-24-5-9(10(15)20-24)28(26,27)21-12(25)8-4-22-6-23(13(16,17)18)3-7(14)11(22)19-8/h3-5H,2,6H2,1H3,(H,21,25)/p+1. The van der Waals surface area contributed by atoms with Crippen LogP contribution in [0.15, 0.2) is 39.2 Å². The topological polar surface area (TPSA) is 101 Å².